The number of hydrogen-bond donors (Lipinski definition) is 2. The Morgan fingerprint density at radius 2 is 1.96 bits per heavy atom. The lowest BCUT2D eigenvalue weighted by atomic mass is 10.1. The minimum atomic E-state index is -0.580. The number of para-hydroxylation sites is 2. The summed E-state index contributed by atoms with van der Waals surface area (Å²) in [5.41, 5.74) is 0.659. The van der Waals surface area contributed by atoms with Crippen LogP contribution in [0.15, 0.2) is 24.3 Å². The van der Waals surface area contributed by atoms with E-state index >= 15 is 0 Å². The molecule has 0 aliphatic carbocycles. The van der Waals surface area contributed by atoms with Crippen LogP contribution in [-0.2, 0) is 14.4 Å². The molecule has 0 saturated carbocycles. The fourth-order valence-electron chi connectivity index (χ4n) is 2.33. The molecule has 0 saturated heterocycles. The molecule has 0 spiro atoms. The number of carbonyl (C=O) groups is 3. The van der Waals surface area contributed by atoms with Crippen molar-refractivity contribution in [2.24, 2.45) is 0 Å². The topological polar surface area (TPSA) is 87.7 Å². The highest BCUT2D eigenvalue weighted by atomic mass is 16.5. The lowest BCUT2D eigenvalue weighted by Crippen LogP contribution is -2.46. The molecule has 3 amide bonds. The van der Waals surface area contributed by atoms with Crippen LogP contribution >= 0.6 is 0 Å². The smallest absolute Gasteiger partial charge is 0.267 e. The van der Waals surface area contributed by atoms with Crippen molar-refractivity contribution in [3.63, 3.8) is 0 Å². The number of amides is 3. The summed E-state index contributed by atoms with van der Waals surface area (Å²) in [5, 5.41) is 5.13. The molecule has 2 N–H and O–H groups in total. The standard InChI is InChI=1S/C16H21N3O4/c1-3-17-15(21)10-18-14(20)8-9-19-12-6-4-5-7-13(12)23-11(2)16(19)22/h4-7,11H,3,8-10H2,1-2H3,(H,17,21)(H,18,20). The van der Waals surface area contributed by atoms with Gasteiger partial charge in [0, 0.05) is 19.5 Å². The van der Waals surface area contributed by atoms with Crippen molar-refractivity contribution in [1.29, 1.82) is 0 Å². The molecule has 1 aromatic carbocycles. The molecule has 2 rings (SSSR count). The molecule has 1 aliphatic rings. The number of carbonyl (C=O) groups excluding carboxylic acids is 3. The Balaban J connectivity index is 1.93. The van der Waals surface area contributed by atoms with Crippen LogP contribution in [-0.4, -0.2) is 43.5 Å². The first-order valence-electron chi connectivity index (χ1n) is 7.63. The molecule has 7 nitrogen and oxygen atoms in total. The van der Waals surface area contributed by atoms with Gasteiger partial charge in [-0.3, -0.25) is 14.4 Å². The molecule has 1 unspecified atom stereocenters. The van der Waals surface area contributed by atoms with Gasteiger partial charge in [-0.05, 0) is 26.0 Å². The van der Waals surface area contributed by atoms with Crippen LogP contribution in [0.4, 0.5) is 5.69 Å². The number of likely N-dealkylation sites (N-methyl/N-ethyl adjacent to an activating group) is 1. The predicted molar refractivity (Wildman–Crippen MR) is 85.2 cm³/mol. The van der Waals surface area contributed by atoms with Gasteiger partial charge in [0.25, 0.3) is 5.91 Å². The first-order valence-corrected chi connectivity index (χ1v) is 7.63. The van der Waals surface area contributed by atoms with Crippen LogP contribution in [0.3, 0.4) is 0 Å². The zero-order valence-corrected chi connectivity index (χ0v) is 13.3. The highest BCUT2D eigenvalue weighted by Crippen LogP contribution is 2.33. The molecule has 7 heteroatoms. The Morgan fingerprint density at radius 1 is 1.22 bits per heavy atom. The van der Waals surface area contributed by atoms with E-state index in [0.717, 1.165) is 0 Å². The molecule has 1 aliphatic heterocycles. The maximum absolute atomic E-state index is 12.3. The van der Waals surface area contributed by atoms with Gasteiger partial charge < -0.3 is 20.3 Å². The van der Waals surface area contributed by atoms with E-state index in [4.69, 9.17) is 4.74 Å². The van der Waals surface area contributed by atoms with E-state index in [2.05, 4.69) is 10.6 Å². The second-order valence-corrected chi connectivity index (χ2v) is 5.20. The summed E-state index contributed by atoms with van der Waals surface area (Å²) >= 11 is 0. The largest absolute Gasteiger partial charge is 0.479 e. The Morgan fingerprint density at radius 3 is 2.70 bits per heavy atom. The number of hydrogen-bond acceptors (Lipinski definition) is 4. The van der Waals surface area contributed by atoms with Crippen molar-refractivity contribution in [3.8, 4) is 5.75 Å². The third-order valence-corrected chi connectivity index (χ3v) is 3.46. The van der Waals surface area contributed by atoms with E-state index in [1.807, 2.05) is 19.1 Å². The van der Waals surface area contributed by atoms with E-state index in [1.165, 1.54) is 0 Å². The van der Waals surface area contributed by atoms with Crippen molar-refractivity contribution in [2.45, 2.75) is 26.4 Å². The SMILES string of the molecule is CCNC(=O)CNC(=O)CCN1C(=O)C(C)Oc2ccccc21. The quantitative estimate of drug-likeness (QED) is 0.796. The maximum Gasteiger partial charge on any atom is 0.267 e. The average molecular weight is 319 g/mol. The van der Waals surface area contributed by atoms with E-state index in [1.54, 1.807) is 24.0 Å². The molecule has 1 aromatic rings. The monoisotopic (exact) mass is 319 g/mol. The zero-order chi connectivity index (χ0) is 16.8. The van der Waals surface area contributed by atoms with Crippen molar-refractivity contribution in [1.82, 2.24) is 10.6 Å². The van der Waals surface area contributed by atoms with E-state index < -0.39 is 6.10 Å². The number of nitrogens with one attached hydrogen (secondary N) is 2. The molecule has 23 heavy (non-hydrogen) atoms. The van der Waals surface area contributed by atoms with Crippen LogP contribution < -0.4 is 20.3 Å². The second kappa shape index (κ2) is 7.62. The van der Waals surface area contributed by atoms with Gasteiger partial charge in [-0.15, -0.1) is 0 Å². The normalized spacial score (nSPS) is 16.3. The lowest BCUT2D eigenvalue weighted by molar-refractivity contribution is -0.127. The molecule has 0 aromatic heterocycles. The molecular formula is C16H21N3O4. The third-order valence-electron chi connectivity index (χ3n) is 3.46. The Labute approximate surface area is 135 Å². The van der Waals surface area contributed by atoms with Crippen molar-refractivity contribution < 1.29 is 19.1 Å². The minimum Gasteiger partial charge on any atom is -0.479 e. The highest BCUT2D eigenvalue weighted by Gasteiger charge is 2.31. The zero-order valence-electron chi connectivity index (χ0n) is 13.3. The van der Waals surface area contributed by atoms with Crippen LogP contribution in [0.25, 0.3) is 0 Å². The summed E-state index contributed by atoms with van der Waals surface area (Å²) in [7, 11) is 0. The Hall–Kier alpha value is -2.57. The first-order chi connectivity index (χ1) is 11.0. The van der Waals surface area contributed by atoms with Crippen LogP contribution in [0.5, 0.6) is 5.75 Å². The average Bonchev–Trinajstić information content (AvgIpc) is 2.53. The van der Waals surface area contributed by atoms with Gasteiger partial charge in [0.1, 0.15) is 5.75 Å². The second-order valence-electron chi connectivity index (χ2n) is 5.20. The summed E-state index contributed by atoms with van der Waals surface area (Å²) in [6.07, 6.45) is -0.463. The molecule has 124 valence electrons. The maximum atomic E-state index is 12.3. The van der Waals surface area contributed by atoms with Gasteiger partial charge in [-0.2, -0.15) is 0 Å². The van der Waals surface area contributed by atoms with Crippen molar-refractivity contribution in [3.05, 3.63) is 24.3 Å². The molecular weight excluding hydrogens is 298 g/mol. The first kappa shape index (κ1) is 16.8. The summed E-state index contributed by atoms with van der Waals surface area (Å²) < 4.78 is 5.54. The minimum absolute atomic E-state index is 0.0588. The van der Waals surface area contributed by atoms with Crippen molar-refractivity contribution in [2.75, 3.05) is 24.5 Å². The molecule has 1 atom stereocenters. The van der Waals surface area contributed by atoms with Gasteiger partial charge in [-0.1, -0.05) is 12.1 Å². The highest BCUT2D eigenvalue weighted by molar-refractivity contribution is 6.00. The van der Waals surface area contributed by atoms with Crippen molar-refractivity contribution >= 4 is 23.4 Å². The van der Waals surface area contributed by atoms with E-state index in [-0.39, 0.29) is 37.2 Å². The number of ether oxygens (including phenoxy) is 1. The molecule has 1 heterocycles. The number of anilines is 1. The molecule has 0 fully saturated rings. The molecule has 0 radical (unpaired) electrons. The summed E-state index contributed by atoms with van der Waals surface area (Å²) in [5.74, 6) is -0.0643. The van der Waals surface area contributed by atoms with Gasteiger partial charge >= 0.3 is 0 Å². The summed E-state index contributed by atoms with van der Waals surface area (Å²) in [6.45, 7) is 4.19. The summed E-state index contributed by atoms with van der Waals surface area (Å²) in [6, 6.07) is 7.22. The number of nitrogens with zero attached hydrogens (tertiary/aromatic N) is 1. The van der Waals surface area contributed by atoms with Gasteiger partial charge in [0.15, 0.2) is 6.10 Å². The molecule has 0 bridgehead atoms. The summed E-state index contributed by atoms with van der Waals surface area (Å²) in [4.78, 5) is 36.9. The van der Waals surface area contributed by atoms with E-state index in [0.29, 0.717) is 18.0 Å². The van der Waals surface area contributed by atoms with Crippen LogP contribution in [0.1, 0.15) is 20.3 Å². The van der Waals surface area contributed by atoms with Gasteiger partial charge in [0.05, 0.1) is 12.2 Å². The van der Waals surface area contributed by atoms with Gasteiger partial charge in [0.2, 0.25) is 11.8 Å². The number of fused-ring (bicyclic) bond motifs is 1. The fourth-order valence-corrected chi connectivity index (χ4v) is 2.33. The lowest BCUT2D eigenvalue weighted by Gasteiger charge is -2.32. The van der Waals surface area contributed by atoms with E-state index in [9.17, 15) is 14.4 Å². The van der Waals surface area contributed by atoms with Crippen LogP contribution in [0.2, 0.25) is 0 Å². The number of rotatable bonds is 6. The predicted octanol–water partition coefficient (Wildman–Crippen LogP) is 0.443. The third kappa shape index (κ3) is 4.21. The van der Waals surface area contributed by atoms with Crippen LogP contribution in [0, 0.1) is 0 Å². The van der Waals surface area contributed by atoms with Gasteiger partial charge in [-0.25, -0.2) is 0 Å². The Kier molecular flexibility index (Phi) is 5.56. The number of benzene rings is 1. The fraction of sp³-hybridized carbons (Fsp3) is 0.438. The Bertz CT molecular complexity index is 603.